The minimum Gasteiger partial charge on any atom is -0.392 e. The van der Waals surface area contributed by atoms with Crippen LogP contribution in [0.3, 0.4) is 0 Å². The van der Waals surface area contributed by atoms with Gasteiger partial charge in [0.25, 0.3) is 0 Å². The molecule has 1 aromatic rings. The molecule has 0 aliphatic carbocycles. The van der Waals surface area contributed by atoms with Crippen LogP contribution in [0.25, 0.3) is 0 Å². The van der Waals surface area contributed by atoms with Gasteiger partial charge in [-0.25, -0.2) is 0 Å². The third kappa shape index (κ3) is 6.32. The number of nitriles is 1. The third-order valence-corrected chi connectivity index (χ3v) is 2.82. The minimum absolute atomic E-state index is 0.0415. The number of carbonyl (C=O) groups is 1. The maximum Gasteiger partial charge on any atom is 0.224 e. The molecule has 1 unspecified atom stereocenters. The molecular formula is C15H21N3O2. The fraction of sp³-hybridized carbons (Fsp3) is 0.467. The molecule has 1 aromatic carbocycles. The first-order valence-electron chi connectivity index (χ1n) is 6.68. The maximum atomic E-state index is 11.7. The number of benzene rings is 1. The maximum absolute atomic E-state index is 11.7. The molecule has 20 heavy (non-hydrogen) atoms. The Morgan fingerprint density at radius 1 is 1.45 bits per heavy atom. The molecule has 0 bridgehead atoms. The van der Waals surface area contributed by atoms with Crippen LogP contribution < -0.4 is 5.32 Å². The van der Waals surface area contributed by atoms with Gasteiger partial charge in [0.05, 0.1) is 17.7 Å². The average molecular weight is 275 g/mol. The fourth-order valence-corrected chi connectivity index (χ4v) is 1.90. The van der Waals surface area contributed by atoms with Crippen molar-refractivity contribution in [2.45, 2.75) is 25.9 Å². The van der Waals surface area contributed by atoms with E-state index in [1.807, 2.05) is 18.0 Å². The number of nitrogens with zero attached hydrogens (tertiary/aromatic N) is 2. The summed E-state index contributed by atoms with van der Waals surface area (Å²) in [6.07, 6.45) is 0.822. The molecule has 0 radical (unpaired) electrons. The van der Waals surface area contributed by atoms with E-state index in [2.05, 4.69) is 5.32 Å². The Bertz CT molecular complexity index is 463. The molecule has 0 aromatic heterocycles. The zero-order valence-corrected chi connectivity index (χ0v) is 12.0. The van der Waals surface area contributed by atoms with Crippen LogP contribution >= 0.6 is 0 Å². The Morgan fingerprint density at radius 2 is 2.10 bits per heavy atom. The molecule has 108 valence electrons. The van der Waals surface area contributed by atoms with E-state index in [4.69, 9.17) is 5.26 Å². The predicted molar refractivity (Wildman–Crippen MR) is 78.2 cm³/mol. The van der Waals surface area contributed by atoms with E-state index in [9.17, 15) is 9.90 Å². The van der Waals surface area contributed by atoms with Gasteiger partial charge in [0.2, 0.25) is 5.91 Å². The highest BCUT2D eigenvalue weighted by atomic mass is 16.3. The number of rotatable bonds is 7. The number of likely N-dealkylation sites (N-methyl/N-ethyl adjacent to an activating group) is 1. The lowest BCUT2D eigenvalue weighted by Gasteiger charge is -2.17. The van der Waals surface area contributed by atoms with Gasteiger partial charge < -0.3 is 15.3 Å². The quantitative estimate of drug-likeness (QED) is 0.792. The average Bonchev–Trinajstić information content (AvgIpc) is 2.38. The monoisotopic (exact) mass is 275 g/mol. The number of carbonyl (C=O) groups excluding carboxylic acids is 1. The van der Waals surface area contributed by atoms with Crippen LogP contribution in [-0.4, -0.2) is 42.2 Å². The van der Waals surface area contributed by atoms with E-state index >= 15 is 0 Å². The van der Waals surface area contributed by atoms with E-state index in [0.29, 0.717) is 24.2 Å². The van der Waals surface area contributed by atoms with Crippen LogP contribution in [0.4, 0.5) is 5.69 Å². The molecule has 1 rings (SSSR count). The van der Waals surface area contributed by atoms with Crippen molar-refractivity contribution in [2.24, 2.45) is 0 Å². The van der Waals surface area contributed by atoms with Crippen molar-refractivity contribution in [1.82, 2.24) is 4.90 Å². The van der Waals surface area contributed by atoms with Crippen molar-refractivity contribution >= 4 is 11.6 Å². The number of hydrogen-bond acceptors (Lipinski definition) is 4. The summed E-state index contributed by atoms with van der Waals surface area (Å²) in [5.74, 6) is -0.0415. The van der Waals surface area contributed by atoms with Crippen LogP contribution in [-0.2, 0) is 4.79 Å². The number of amides is 1. The SMILES string of the molecule is CC(O)CN(C)CCCC(=O)Nc1ccc(C#N)cc1. The summed E-state index contributed by atoms with van der Waals surface area (Å²) in [4.78, 5) is 13.7. The lowest BCUT2D eigenvalue weighted by molar-refractivity contribution is -0.116. The van der Waals surface area contributed by atoms with E-state index in [0.717, 1.165) is 13.0 Å². The zero-order valence-electron chi connectivity index (χ0n) is 12.0. The van der Waals surface area contributed by atoms with Crippen molar-refractivity contribution < 1.29 is 9.90 Å². The first-order chi connectivity index (χ1) is 9.51. The van der Waals surface area contributed by atoms with Gasteiger partial charge in [0.15, 0.2) is 0 Å². The molecule has 0 heterocycles. The molecule has 2 N–H and O–H groups in total. The Labute approximate surface area is 119 Å². The molecule has 0 spiro atoms. The molecule has 5 heteroatoms. The Hall–Kier alpha value is -1.90. The second-order valence-corrected chi connectivity index (χ2v) is 4.95. The summed E-state index contributed by atoms with van der Waals surface area (Å²) < 4.78 is 0. The predicted octanol–water partition coefficient (Wildman–Crippen LogP) is 1.59. The van der Waals surface area contributed by atoms with Gasteiger partial charge in [-0.2, -0.15) is 5.26 Å². The summed E-state index contributed by atoms with van der Waals surface area (Å²) in [5.41, 5.74) is 1.27. The van der Waals surface area contributed by atoms with Gasteiger partial charge in [-0.1, -0.05) is 0 Å². The number of anilines is 1. The lowest BCUT2D eigenvalue weighted by atomic mass is 10.2. The van der Waals surface area contributed by atoms with Crippen LogP contribution in [0, 0.1) is 11.3 Å². The van der Waals surface area contributed by atoms with Crippen molar-refractivity contribution in [3.8, 4) is 6.07 Å². The molecule has 0 aliphatic rings. The molecule has 0 aliphatic heterocycles. The van der Waals surface area contributed by atoms with Gasteiger partial charge >= 0.3 is 0 Å². The number of aliphatic hydroxyl groups is 1. The van der Waals surface area contributed by atoms with Gasteiger partial charge in [0, 0.05) is 18.7 Å². The normalized spacial score (nSPS) is 11.9. The largest absolute Gasteiger partial charge is 0.392 e. The smallest absolute Gasteiger partial charge is 0.224 e. The number of nitrogens with one attached hydrogen (secondary N) is 1. The van der Waals surface area contributed by atoms with E-state index in [1.54, 1.807) is 31.2 Å². The van der Waals surface area contributed by atoms with Crippen molar-refractivity contribution in [3.63, 3.8) is 0 Å². The molecule has 1 atom stereocenters. The third-order valence-electron chi connectivity index (χ3n) is 2.82. The van der Waals surface area contributed by atoms with Gasteiger partial charge in [-0.15, -0.1) is 0 Å². The van der Waals surface area contributed by atoms with Crippen LogP contribution in [0.2, 0.25) is 0 Å². The Morgan fingerprint density at radius 3 is 2.65 bits per heavy atom. The highest BCUT2D eigenvalue weighted by Crippen LogP contribution is 2.09. The second kappa shape index (κ2) is 8.31. The lowest BCUT2D eigenvalue weighted by Crippen LogP contribution is -2.28. The minimum atomic E-state index is -0.354. The fourth-order valence-electron chi connectivity index (χ4n) is 1.90. The zero-order chi connectivity index (χ0) is 15.0. The van der Waals surface area contributed by atoms with E-state index < -0.39 is 0 Å². The summed E-state index contributed by atoms with van der Waals surface area (Å²) >= 11 is 0. The first kappa shape index (κ1) is 16.2. The van der Waals surface area contributed by atoms with Crippen LogP contribution in [0.1, 0.15) is 25.3 Å². The first-order valence-corrected chi connectivity index (χ1v) is 6.68. The molecule has 0 saturated carbocycles. The van der Waals surface area contributed by atoms with Crippen molar-refractivity contribution in [1.29, 1.82) is 5.26 Å². The summed E-state index contributed by atoms with van der Waals surface area (Å²) in [6, 6.07) is 8.81. The van der Waals surface area contributed by atoms with Gasteiger partial charge in [-0.05, 0) is 51.2 Å². The van der Waals surface area contributed by atoms with Crippen LogP contribution in [0.5, 0.6) is 0 Å². The van der Waals surface area contributed by atoms with Crippen LogP contribution in [0.15, 0.2) is 24.3 Å². The Balaban J connectivity index is 2.28. The molecule has 0 saturated heterocycles. The molecular weight excluding hydrogens is 254 g/mol. The standard InChI is InChI=1S/C15H21N3O2/c1-12(19)11-18(2)9-3-4-15(20)17-14-7-5-13(10-16)6-8-14/h5-8,12,19H,3-4,9,11H2,1-2H3,(H,17,20). The highest BCUT2D eigenvalue weighted by molar-refractivity contribution is 5.90. The van der Waals surface area contributed by atoms with Gasteiger partial charge in [-0.3, -0.25) is 4.79 Å². The van der Waals surface area contributed by atoms with Gasteiger partial charge in [0.1, 0.15) is 0 Å². The van der Waals surface area contributed by atoms with Crippen molar-refractivity contribution in [2.75, 3.05) is 25.5 Å². The van der Waals surface area contributed by atoms with E-state index in [-0.39, 0.29) is 12.0 Å². The second-order valence-electron chi connectivity index (χ2n) is 4.95. The Kier molecular flexibility index (Phi) is 6.71. The summed E-state index contributed by atoms with van der Waals surface area (Å²) in [6.45, 7) is 3.12. The summed E-state index contributed by atoms with van der Waals surface area (Å²) in [7, 11) is 1.92. The highest BCUT2D eigenvalue weighted by Gasteiger charge is 2.06. The van der Waals surface area contributed by atoms with E-state index in [1.165, 1.54) is 0 Å². The molecule has 0 fully saturated rings. The van der Waals surface area contributed by atoms with Crippen molar-refractivity contribution in [3.05, 3.63) is 29.8 Å². The molecule has 5 nitrogen and oxygen atoms in total. The number of aliphatic hydroxyl groups excluding tert-OH is 1. The topological polar surface area (TPSA) is 76.4 Å². The number of hydrogen-bond donors (Lipinski definition) is 2. The molecule has 1 amide bonds. The summed E-state index contributed by atoms with van der Waals surface area (Å²) in [5, 5.41) is 20.7.